The van der Waals surface area contributed by atoms with Gasteiger partial charge in [-0.2, -0.15) is 0 Å². The first-order chi connectivity index (χ1) is 7.09. The van der Waals surface area contributed by atoms with Crippen LogP contribution in [0.15, 0.2) is 18.2 Å². The molecule has 0 aromatic heterocycles. The van der Waals surface area contributed by atoms with Crippen molar-refractivity contribution in [3.05, 3.63) is 28.8 Å². The quantitative estimate of drug-likeness (QED) is 0.671. The van der Waals surface area contributed by atoms with Crippen LogP contribution < -0.4 is 4.90 Å². The molecule has 1 aliphatic rings. The van der Waals surface area contributed by atoms with Crippen molar-refractivity contribution >= 4 is 23.2 Å². The Hall–Kier alpha value is -1.06. The van der Waals surface area contributed by atoms with Gasteiger partial charge in [-0.3, -0.25) is 9.69 Å². The Kier molecular flexibility index (Phi) is 2.67. The minimum absolute atomic E-state index is 0.0958. The van der Waals surface area contributed by atoms with Gasteiger partial charge in [0.15, 0.2) is 0 Å². The number of likely N-dealkylation sites (N-methyl/N-ethyl adjacent to an activating group) is 2. The molecule has 0 aliphatic carbocycles. The van der Waals surface area contributed by atoms with Gasteiger partial charge < -0.3 is 4.90 Å². The van der Waals surface area contributed by atoms with E-state index in [2.05, 4.69) is 0 Å². The summed E-state index contributed by atoms with van der Waals surface area (Å²) >= 11 is 6.13. The van der Waals surface area contributed by atoms with Crippen molar-refractivity contribution in [3.63, 3.8) is 0 Å². The Labute approximate surface area is 94.2 Å². The summed E-state index contributed by atoms with van der Waals surface area (Å²) in [7, 11) is 3.71. The summed E-state index contributed by atoms with van der Waals surface area (Å²) in [4.78, 5) is 15.4. The molecule has 0 fully saturated rings. The number of benzene rings is 1. The van der Waals surface area contributed by atoms with Gasteiger partial charge in [-0.15, -0.1) is 0 Å². The molecule has 1 aromatic rings. The van der Waals surface area contributed by atoms with Crippen LogP contribution in [0.1, 0.15) is 5.56 Å². The predicted molar refractivity (Wildman–Crippen MR) is 61.2 cm³/mol. The number of halogens is 1. The predicted octanol–water partition coefficient (Wildman–Crippen LogP) is 1.75. The van der Waals surface area contributed by atoms with Gasteiger partial charge in [0.1, 0.15) is 0 Å². The number of hydrogen-bond acceptors (Lipinski definition) is 2. The fraction of sp³-hybridized carbons (Fsp3) is 0.364. The smallest absolute Gasteiger partial charge is 0.240 e. The second kappa shape index (κ2) is 3.83. The van der Waals surface area contributed by atoms with E-state index >= 15 is 0 Å². The number of anilines is 1. The summed E-state index contributed by atoms with van der Waals surface area (Å²) in [6.07, 6.45) is 0. The van der Waals surface area contributed by atoms with Crippen LogP contribution in [0.2, 0.25) is 5.02 Å². The van der Waals surface area contributed by atoms with Gasteiger partial charge in [-0.05, 0) is 19.2 Å². The molecule has 2 rings (SSSR count). The summed E-state index contributed by atoms with van der Waals surface area (Å²) in [6, 6.07) is 5.66. The molecule has 0 N–H and O–H groups in total. The third-order valence-corrected chi connectivity index (χ3v) is 3.02. The lowest BCUT2D eigenvalue weighted by Crippen LogP contribution is -2.33. The molecular formula is C11H13ClN2O. The van der Waals surface area contributed by atoms with Crippen molar-refractivity contribution in [1.82, 2.24) is 4.90 Å². The van der Waals surface area contributed by atoms with Crippen LogP contribution in [0.25, 0.3) is 0 Å². The highest BCUT2D eigenvalue weighted by Gasteiger charge is 2.22. The minimum atomic E-state index is 0.0958. The number of carbonyl (C=O) groups excluding carboxylic acids is 1. The summed E-state index contributed by atoms with van der Waals surface area (Å²) < 4.78 is 0. The van der Waals surface area contributed by atoms with Gasteiger partial charge >= 0.3 is 0 Å². The van der Waals surface area contributed by atoms with Gasteiger partial charge in [0, 0.05) is 29.9 Å². The Morgan fingerprint density at radius 3 is 2.73 bits per heavy atom. The van der Waals surface area contributed by atoms with E-state index in [1.807, 2.05) is 30.1 Å². The molecule has 3 nitrogen and oxygen atoms in total. The lowest BCUT2D eigenvalue weighted by Gasteiger charge is -2.17. The monoisotopic (exact) mass is 224 g/mol. The van der Waals surface area contributed by atoms with Crippen LogP contribution >= 0.6 is 11.6 Å². The Morgan fingerprint density at radius 2 is 2.00 bits per heavy atom. The second-order valence-corrected chi connectivity index (χ2v) is 4.27. The van der Waals surface area contributed by atoms with Crippen molar-refractivity contribution in [2.45, 2.75) is 6.54 Å². The normalized spacial score (nSPS) is 17.5. The van der Waals surface area contributed by atoms with Gasteiger partial charge in [0.2, 0.25) is 5.91 Å². The van der Waals surface area contributed by atoms with E-state index in [0.29, 0.717) is 13.1 Å². The van der Waals surface area contributed by atoms with Crippen molar-refractivity contribution in [2.24, 2.45) is 0 Å². The fourth-order valence-electron chi connectivity index (χ4n) is 1.82. The Balaban J connectivity index is 2.54. The summed E-state index contributed by atoms with van der Waals surface area (Å²) in [5.74, 6) is 0.0958. The third kappa shape index (κ3) is 1.85. The molecule has 0 unspecified atom stereocenters. The zero-order valence-electron chi connectivity index (χ0n) is 8.83. The van der Waals surface area contributed by atoms with E-state index in [9.17, 15) is 4.79 Å². The first-order valence-electron chi connectivity index (χ1n) is 4.82. The maximum Gasteiger partial charge on any atom is 0.240 e. The second-order valence-electron chi connectivity index (χ2n) is 3.86. The molecule has 15 heavy (non-hydrogen) atoms. The Bertz CT molecular complexity index is 406. The molecular weight excluding hydrogens is 212 g/mol. The van der Waals surface area contributed by atoms with E-state index < -0.39 is 0 Å². The molecule has 0 saturated carbocycles. The van der Waals surface area contributed by atoms with Crippen LogP contribution in [-0.2, 0) is 11.3 Å². The molecule has 1 heterocycles. The standard InChI is InChI=1S/C11H13ClN2O/c1-13-6-8-9(12)4-3-5-10(8)14(2)11(15)7-13/h3-5H,6-7H2,1-2H3. The molecule has 1 amide bonds. The Morgan fingerprint density at radius 1 is 1.27 bits per heavy atom. The number of hydrogen-bond donors (Lipinski definition) is 0. The highest BCUT2D eigenvalue weighted by Crippen LogP contribution is 2.29. The van der Waals surface area contributed by atoms with Crippen molar-refractivity contribution in [1.29, 1.82) is 0 Å². The van der Waals surface area contributed by atoms with E-state index in [-0.39, 0.29) is 5.91 Å². The molecule has 0 spiro atoms. The average molecular weight is 225 g/mol. The average Bonchev–Trinajstić information content (AvgIpc) is 2.29. The van der Waals surface area contributed by atoms with Crippen molar-refractivity contribution < 1.29 is 4.79 Å². The van der Waals surface area contributed by atoms with Gasteiger partial charge in [-0.1, -0.05) is 17.7 Å². The number of nitrogens with zero attached hydrogens (tertiary/aromatic N) is 2. The van der Waals surface area contributed by atoms with Crippen molar-refractivity contribution in [3.8, 4) is 0 Å². The minimum Gasteiger partial charge on any atom is -0.314 e. The van der Waals surface area contributed by atoms with E-state index in [1.165, 1.54) is 0 Å². The summed E-state index contributed by atoms with van der Waals surface area (Å²) in [5.41, 5.74) is 1.94. The lowest BCUT2D eigenvalue weighted by atomic mass is 10.1. The maximum atomic E-state index is 11.7. The van der Waals surface area contributed by atoms with E-state index in [0.717, 1.165) is 16.3 Å². The summed E-state index contributed by atoms with van der Waals surface area (Å²) in [5, 5.41) is 0.723. The number of fused-ring (bicyclic) bond motifs is 1. The number of carbonyl (C=O) groups is 1. The summed E-state index contributed by atoms with van der Waals surface area (Å²) in [6.45, 7) is 1.15. The van der Waals surface area contributed by atoms with Crippen LogP contribution in [0.3, 0.4) is 0 Å². The SMILES string of the molecule is CN1CC(=O)N(C)c2cccc(Cl)c2C1. The topological polar surface area (TPSA) is 23.6 Å². The maximum absolute atomic E-state index is 11.7. The molecule has 80 valence electrons. The van der Waals surface area contributed by atoms with E-state index in [1.54, 1.807) is 11.9 Å². The molecule has 1 aliphatic heterocycles. The van der Waals surface area contributed by atoms with Crippen LogP contribution in [-0.4, -0.2) is 31.4 Å². The molecule has 0 saturated heterocycles. The van der Waals surface area contributed by atoms with Crippen molar-refractivity contribution in [2.75, 3.05) is 25.5 Å². The number of amides is 1. The largest absolute Gasteiger partial charge is 0.314 e. The van der Waals surface area contributed by atoms with E-state index in [4.69, 9.17) is 11.6 Å². The first kappa shape index (κ1) is 10.5. The molecule has 1 aromatic carbocycles. The molecule has 0 atom stereocenters. The molecule has 0 radical (unpaired) electrons. The zero-order valence-corrected chi connectivity index (χ0v) is 9.58. The van der Waals surface area contributed by atoms with Gasteiger partial charge in [-0.25, -0.2) is 0 Å². The zero-order chi connectivity index (χ0) is 11.0. The highest BCUT2D eigenvalue weighted by molar-refractivity contribution is 6.31. The van der Waals surface area contributed by atoms with Crippen LogP contribution in [0, 0.1) is 0 Å². The number of rotatable bonds is 0. The van der Waals surface area contributed by atoms with Crippen LogP contribution in [0.5, 0.6) is 0 Å². The lowest BCUT2D eigenvalue weighted by molar-refractivity contribution is -0.119. The molecule has 0 bridgehead atoms. The first-order valence-corrected chi connectivity index (χ1v) is 5.20. The third-order valence-electron chi connectivity index (χ3n) is 2.66. The molecule has 4 heteroatoms. The van der Waals surface area contributed by atoms with Crippen LogP contribution in [0.4, 0.5) is 5.69 Å². The highest BCUT2D eigenvalue weighted by atomic mass is 35.5. The van der Waals surface area contributed by atoms with Gasteiger partial charge in [0.25, 0.3) is 0 Å². The fourth-order valence-corrected chi connectivity index (χ4v) is 2.04. The van der Waals surface area contributed by atoms with Gasteiger partial charge in [0.05, 0.1) is 6.54 Å².